The molecule has 0 unspecified atom stereocenters. The summed E-state index contributed by atoms with van der Waals surface area (Å²) in [5.74, 6) is -0.274. The van der Waals surface area contributed by atoms with Crippen molar-refractivity contribution in [2.45, 2.75) is 26.4 Å². The van der Waals surface area contributed by atoms with Gasteiger partial charge in [-0.05, 0) is 20.8 Å². The molecule has 0 bridgehead atoms. The van der Waals surface area contributed by atoms with Crippen molar-refractivity contribution >= 4 is 5.97 Å². The van der Waals surface area contributed by atoms with Gasteiger partial charge in [0.15, 0.2) is 0 Å². The molecule has 4 heteroatoms. The van der Waals surface area contributed by atoms with E-state index in [0.717, 1.165) is 0 Å². The van der Waals surface area contributed by atoms with E-state index in [2.05, 4.69) is 6.58 Å². The maximum atomic E-state index is 11.2. The fourth-order valence-electron chi connectivity index (χ4n) is 1.30. The lowest BCUT2D eigenvalue weighted by molar-refractivity contribution is -0.144. The third-order valence-corrected chi connectivity index (χ3v) is 1.66. The van der Waals surface area contributed by atoms with Gasteiger partial charge in [0.05, 0.1) is 18.8 Å². The van der Waals surface area contributed by atoms with Crippen molar-refractivity contribution in [1.82, 2.24) is 4.90 Å². The first kappa shape index (κ1) is 14.1. The van der Waals surface area contributed by atoms with Crippen molar-refractivity contribution in [3.05, 3.63) is 12.7 Å². The summed E-state index contributed by atoms with van der Waals surface area (Å²) in [4.78, 5) is 13.0. The number of hydrogen-bond acceptors (Lipinski definition) is 4. The van der Waals surface area contributed by atoms with E-state index in [4.69, 9.17) is 4.74 Å². The lowest BCUT2D eigenvalue weighted by Gasteiger charge is -2.27. The summed E-state index contributed by atoms with van der Waals surface area (Å²) in [7, 11) is 0. The van der Waals surface area contributed by atoms with Crippen LogP contribution < -0.4 is 0 Å². The fourth-order valence-corrected chi connectivity index (χ4v) is 1.30. The highest BCUT2D eigenvalue weighted by Crippen LogP contribution is 2.04. The molecule has 0 atom stereocenters. The van der Waals surface area contributed by atoms with Gasteiger partial charge in [-0.2, -0.15) is 0 Å². The molecule has 0 aromatic carbocycles. The highest BCUT2D eigenvalue weighted by Gasteiger charge is 2.19. The van der Waals surface area contributed by atoms with Crippen LogP contribution in [0.2, 0.25) is 0 Å². The third kappa shape index (κ3) is 8.15. The van der Waals surface area contributed by atoms with E-state index in [0.29, 0.717) is 19.7 Å². The second kappa shape index (κ2) is 6.58. The molecule has 15 heavy (non-hydrogen) atoms. The Morgan fingerprint density at radius 3 is 2.60 bits per heavy atom. The first-order valence-corrected chi connectivity index (χ1v) is 5.10. The van der Waals surface area contributed by atoms with Crippen molar-refractivity contribution in [3.63, 3.8) is 0 Å². The Morgan fingerprint density at radius 2 is 2.20 bits per heavy atom. The highest BCUT2D eigenvalue weighted by molar-refractivity contribution is 5.71. The van der Waals surface area contributed by atoms with Crippen molar-refractivity contribution in [1.29, 1.82) is 0 Å². The van der Waals surface area contributed by atoms with Crippen LogP contribution in [0.1, 0.15) is 20.8 Å². The van der Waals surface area contributed by atoms with Crippen LogP contribution in [0, 0.1) is 0 Å². The van der Waals surface area contributed by atoms with E-state index in [-0.39, 0.29) is 12.5 Å². The molecule has 0 saturated heterocycles. The molecule has 0 spiro atoms. The Morgan fingerprint density at radius 1 is 1.60 bits per heavy atom. The van der Waals surface area contributed by atoms with Crippen molar-refractivity contribution in [2.24, 2.45) is 0 Å². The summed E-state index contributed by atoms with van der Waals surface area (Å²) in [6.07, 6.45) is 1.70. The van der Waals surface area contributed by atoms with Gasteiger partial charge in [0, 0.05) is 13.1 Å². The minimum absolute atomic E-state index is 0.184. The van der Waals surface area contributed by atoms with Crippen molar-refractivity contribution in [2.75, 3.05) is 26.2 Å². The summed E-state index contributed by atoms with van der Waals surface area (Å²) >= 11 is 0. The van der Waals surface area contributed by atoms with Crippen LogP contribution in [0.25, 0.3) is 0 Å². The zero-order chi connectivity index (χ0) is 11.9. The van der Waals surface area contributed by atoms with Gasteiger partial charge in [-0.3, -0.25) is 9.69 Å². The van der Waals surface area contributed by atoms with Gasteiger partial charge >= 0.3 is 5.97 Å². The minimum Gasteiger partial charge on any atom is -0.465 e. The Labute approximate surface area is 91.5 Å². The SMILES string of the molecule is C=CCN(CC(=O)OCC)CC(C)(C)O. The number of carbonyl (C=O) groups excluding carboxylic acids is 1. The summed E-state index contributed by atoms with van der Waals surface area (Å²) < 4.78 is 4.84. The van der Waals surface area contributed by atoms with E-state index in [1.807, 2.05) is 0 Å². The highest BCUT2D eigenvalue weighted by atomic mass is 16.5. The van der Waals surface area contributed by atoms with E-state index < -0.39 is 5.60 Å². The number of esters is 1. The molecule has 0 rings (SSSR count). The number of aliphatic hydroxyl groups is 1. The average Bonchev–Trinajstić information content (AvgIpc) is 2.01. The number of carbonyl (C=O) groups is 1. The maximum absolute atomic E-state index is 11.2. The van der Waals surface area contributed by atoms with Crippen LogP contribution in [-0.2, 0) is 9.53 Å². The van der Waals surface area contributed by atoms with Crippen LogP contribution in [-0.4, -0.2) is 47.8 Å². The molecular formula is C11H21NO3. The molecule has 0 aliphatic heterocycles. The van der Waals surface area contributed by atoms with Gasteiger partial charge in [-0.1, -0.05) is 6.08 Å². The van der Waals surface area contributed by atoms with Gasteiger partial charge in [0.25, 0.3) is 0 Å². The molecule has 4 nitrogen and oxygen atoms in total. The van der Waals surface area contributed by atoms with Gasteiger partial charge in [0.1, 0.15) is 0 Å². The second-order valence-corrected chi connectivity index (χ2v) is 4.08. The van der Waals surface area contributed by atoms with Crippen LogP contribution in [0.5, 0.6) is 0 Å². The Balaban J connectivity index is 4.15. The van der Waals surface area contributed by atoms with E-state index in [1.165, 1.54) is 0 Å². The fraction of sp³-hybridized carbons (Fsp3) is 0.727. The standard InChI is InChI=1S/C11H21NO3/c1-5-7-12(9-11(3,4)14)8-10(13)15-6-2/h5,14H,1,6-9H2,2-4H3. The maximum Gasteiger partial charge on any atom is 0.320 e. The lowest BCUT2D eigenvalue weighted by atomic mass is 10.1. The molecule has 0 aromatic rings. The smallest absolute Gasteiger partial charge is 0.320 e. The Kier molecular flexibility index (Phi) is 6.20. The Bertz CT molecular complexity index is 208. The minimum atomic E-state index is -0.824. The van der Waals surface area contributed by atoms with Crippen molar-refractivity contribution in [3.8, 4) is 0 Å². The van der Waals surface area contributed by atoms with E-state index in [9.17, 15) is 9.90 Å². The van der Waals surface area contributed by atoms with E-state index >= 15 is 0 Å². The van der Waals surface area contributed by atoms with Gasteiger partial charge in [0.2, 0.25) is 0 Å². The Hall–Kier alpha value is -0.870. The molecular weight excluding hydrogens is 194 g/mol. The molecule has 0 heterocycles. The van der Waals surface area contributed by atoms with Crippen LogP contribution in [0.3, 0.4) is 0 Å². The predicted molar refractivity (Wildman–Crippen MR) is 59.6 cm³/mol. The molecule has 0 saturated carbocycles. The normalized spacial score (nSPS) is 11.5. The largest absolute Gasteiger partial charge is 0.465 e. The average molecular weight is 215 g/mol. The molecule has 0 aliphatic carbocycles. The zero-order valence-corrected chi connectivity index (χ0v) is 9.82. The number of rotatable bonds is 7. The third-order valence-electron chi connectivity index (χ3n) is 1.66. The zero-order valence-electron chi connectivity index (χ0n) is 9.82. The van der Waals surface area contributed by atoms with Gasteiger partial charge in [-0.15, -0.1) is 6.58 Å². The lowest BCUT2D eigenvalue weighted by Crippen LogP contribution is -2.41. The molecule has 0 amide bonds. The van der Waals surface area contributed by atoms with Gasteiger partial charge < -0.3 is 9.84 Å². The van der Waals surface area contributed by atoms with Crippen LogP contribution in [0.15, 0.2) is 12.7 Å². The van der Waals surface area contributed by atoms with E-state index in [1.54, 1.807) is 31.7 Å². The summed E-state index contributed by atoms with van der Waals surface area (Å²) in [6, 6.07) is 0. The topological polar surface area (TPSA) is 49.8 Å². The first-order valence-electron chi connectivity index (χ1n) is 5.10. The monoisotopic (exact) mass is 215 g/mol. The first-order chi connectivity index (χ1) is 6.89. The van der Waals surface area contributed by atoms with Crippen LogP contribution >= 0.6 is 0 Å². The molecule has 88 valence electrons. The molecule has 0 radical (unpaired) electrons. The number of hydrogen-bond donors (Lipinski definition) is 1. The van der Waals surface area contributed by atoms with Crippen LogP contribution in [0.4, 0.5) is 0 Å². The molecule has 0 aliphatic rings. The number of nitrogens with zero attached hydrogens (tertiary/aromatic N) is 1. The molecule has 0 fully saturated rings. The van der Waals surface area contributed by atoms with Gasteiger partial charge in [-0.25, -0.2) is 0 Å². The van der Waals surface area contributed by atoms with Crippen molar-refractivity contribution < 1.29 is 14.6 Å². The number of ether oxygens (including phenoxy) is 1. The molecule has 1 N–H and O–H groups in total. The molecule has 0 aromatic heterocycles. The predicted octanol–water partition coefficient (Wildman–Crippen LogP) is 0.808. The second-order valence-electron chi connectivity index (χ2n) is 4.08. The summed E-state index contributed by atoms with van der Waals surface area (Å²) in [5.41, 5.74) is -0.824. The quantitative estimate of drug-likeness (QED) is 0.504. The summed E-state index contributed by atoms with van der Waals surface area (Å²) in [6.45, 7) is 10.3. The summed E-state index contributed by atoms with van der Waals surface area (Å²) in [5, 5.41) is 9.63.